The topological polar surface area (TPSA) is 55.8 Å². The van der Waals surface area contributed by atoms with Crippen molar-refractivity contribution in [2.24, 2.45) is 0 Å². The Morgan fingerprint density at radius 3 is 1.37 bits per heavy atom. The summed E-state index contributed by atoms with van der Waals surface area (Å²) < 4.78 is 22.4. The average Bonchev–Trinajstić information content (AvgIpc) is 2.74. The van der Waals surface area contributed by atoms with E-state index in [1.54, 1.807) is 0 Å². The summed E-state index contributed by atoms with van der Waals surface area (Å²) in [5.41, 5.74) is 0. The van der Waals surface area contributed by atoms with E-state index in [9.17, 15) is 9.46 Å². The van der Waals surface area contributed by atoms with Crippen LogP contribution in [0.1, 0.15) is 118 Å². The SMILES string of the molecule is CCCCCCCCCCCCCCCCOP(=O)(O)OCC[As](CC)(CC)CC. The summed E-state index contributed by atoms with van der Waals surface area (Å²) in [5, 5.41) is 4.70. The molecular formula is C24H53AsO4P. The van der Waals surface area contributed by atoms with Gasteiger partial charge in [0.2, 0.25) is 0 Å². The molecule has 0 aromatic heterocycles. The zero-order valence-corrected chi connectivity index (χ0v) is 23.5. The molecule has 6 heteroatoms. The van der Waals surface area contributed by atoms with E-state index in [-0.39, 0.29) is 0 Å². The van der Waals surface area contributed by atoms with Gasteiger partial charge in [-0.2, -0.15) is 0 Å². The quantitative estimate of drug-likeness (QED) is 0.0844. The van der Waals surface area contributed by atoms with Crippen LogP contribution in [0.15, 0.2) is 0 Å². The van der Waals surface area contributed by atoms with Crippen LogP contribution in [-0.2, 0) is 13.6 Å². The summed E-state index contributed by atoms with van der Waals surface area (Å²) in [5.74, 6) is 0. The Morgan fingerprint density at radius 2 is 0.967 bits per heavy atom. The van der Waals surface area contributed by atoms with Crippen LogP contribution >= 0.6 is 7.82 Å². The van der Waals surface area contributed by atoms with Gasteiger partial charge in [0.15, 0.2) is 0 Å². The first-order valence-electron chi connectivity index (χ1n) is 12.9. The summed E-state index contributed by atoms with van der Waals surface area (Å²) in [6, 6.07) is 0. The van der Waals surface area contributed by atoms with E-state index in [4.69, 9.17) is 9.05 Å². The van der Waals surface area contributed by atoms with Crippen LogP contribution in [0.3, 0.4) is 0 Å². The Kier molecular flexibility index (Phi) is 20.7. The van der Waals surface area contributed by atoms with Crippen LogP contribution in [-0.4, -0.2) is 31.7 Å². The summed E-state index contributed by atoms with van der Waals surface area (Å²) in [7, 11) is -3.87. The van der Waals surface area contributed by atoms with Crippen molar-refractivity contribution in [3.05, 3.63) is 0 Å². The zero-order valence-electron chi connectivity index (χ0n) is 20.7. The molecule has 4 nitrogen and oxygen atoms in total. The summed E-state index contributed by atoms with van der Waals surface area (Å²) in [6.07, 6.45) is 18.2. The Balaban J connectivity index is 3.51. The van der Waals surface area contributed by atoms with Crippen molar-refractivity contribution in [3.63, 3.8) is 0 Å². The van der Waals surface area contributed by atoms with E-state index in [1.165, 1.54) is 92.7 Å². The molecule has 0 aliphatic carbocycles. The Morgan fingerprint density at radius 1 is 0.600 bits per heavy atom. The van der Waals surface area contributed by atoms with Gasteiger partial charge in [-0.15, -0.1) is 0 Å². The summed E-state index contributed by atoms with van der Waals surface area (Å²) in [4.78, 5) is 9.86. The van der Waals surface area contributed by atoms with E-state index in [2.05, 4.69) is 27.7 Å². The first-order chi connectivity index (χ1) is 14.4. The van der Waals surface area contributed by atoms with Gasteiger partial charge in [0.1, 0.15) is 0 Å². The van der Waals surface area contributed by atoms with Crippen LogP contribution in [0, 0.1) is 0 Å². The van der Waals surface area contributed by atoms with Crippen LogP contribution in [0.4, 0.5) is 0 Å². The van der Waals surface area contributed by atoms with Gasteiger partial charge in [-0.05, 0) is 0 Å². The molecule has 0 aliphatic rings. The molecule has 183 valence electrons. The summed E-state index contributed by atoms with van der Waals surface area (Å²) >= 11 is -1.67. The maximum atomic E-state index is 12.0. The molecule has 30 heavy (non-hydrogen) atoms. The first-order valence-corrected chi connectivity index (χ1v) is 19.7. The minimum absolute atomic E-state index is 0.326. The summed E-state index contributed by atoms with van der Waals surface area (Å²) in [6.45, 7) is 9.73. The van der Waals surface area contributed by atoms with Gasteiger partial charge in [-0.3, -0.25) is 0 Å². The monoisotopic (exact) mass is 511 g/mol. The minimum atomic E-state index is -3.87. The molecule has 0 fully saturated rings. The van der Waals surface area contributed by atoms with Crippen LogP contribution in [0.2, 0.25) is 20.8 Å². The number of hydrogen-bond donors (Lipinski definition) is 1. The number of hydrogen-bond acceptors (Lipinski definition) is 3. The molecular weight excluding hydrogens is 458 g/mol. The molecule has 1 radical (unpaired) electrons. The van der Waals surface area contributed by atoms with E-state index in [0.717, 1.165) is 18.1 Å². The maximum absolute atomic E-state index is 12.0. The van der Waals surface area contributed by atoms with Gasteiger partial charge in [0.05, 0.1) is 0 Å². The van der Waals surface area contributed by atoms with Crippen molar-refractivity contribution in [2.75, 3.05) is 13.2 Å². The molecule has 1 N–H and O–H groups in total. The molecule has 0 aromatic carbocycles. The fourth-order valence-corrected chi connectivity index (χ4v) is 10.9. The van der Waals surface area contributed by atoms with Gasteiger partial charge in [-0.1, -0.05) is 58.3 Å². The molecule has 0 aromatic rings. The number of unbranched alkanes of at least 4 members (excludes halogenated alkanes) is 13. The molecule has 0 spiro atoms. The number of rotatable bonds is 23. The molecule has 0 saturated carbocycles. The van der Waals surface area contributed by atoms with Crippen molar-refractivity contribution in [1.82, 2.24) is 0 Å². The van der Waals surface area contributed by atoms with Crippen LogP contribution < -0.4 is 0 Å². The second-order valence-electron chi connectivity index (χ2n) is 8.75. The fraction of sp³-hybridized carbons (Fsp3) is 1.00. The third-order valence-electron chi connectivity index (χ3n) is 6.58. The first kappa shape index (κ1) is 30.7. The van der Waals surface area contributed by atoms with Crippen LogP contribution in [0.5, 0.6) is 0 Å². The Hall–Kier alpha value is 0.668. The normalized spacial score (nSPS) is 14.2. The van der Waals surface area contributed by atoms with Crippen molar-refractivity contribution in [2.45, 2.75) is 138 Å². The van der Waals surface area contributed by atoms with E-state index >= 15 is 0 Å². The molecule has 0 aliphatic heterocycles. The number of phosphoric acid groups is 1. The van der Waals surface area contributed by atoms with Gasteiger partial charge >= 0.3 is 133 Å². The Bertz CT molecular complexity index is 408. The van der Waals surface area contributed by atoms with Gasteiger partial charge < -0.3 is 0 Å². The van der Waals surface area contributed by atoms with Gasteiger partial charge in [-0.25, -0.2) is 0 Å². The molecule has 1 atom stereocenters. The fourth-order valence-electron chi connectivity index (χ4n) is 4.01. The molecule has 1 unspecified atom stereocenters. The predicted molar refractivity (Wildman–Crippen MR) is 134 cm³/mol. The molecule has 0 amide bonds. The predicted octanol–water partition coefficient (Wildman–Crippen LogP) is 9.11. The van der Waals surface area contributed by atoms with Crippen molar-refractivity contribution in [3.8, 4) is 0 Å². The number of phosphoric ester groups is 1. The van der Waals surface area contributed by atoms with E-state index in [1.807, 2.05) is 0 Å². The second-order valence-corrected chi connectivity index (χ2v) is 20.7. The second kappa shape index (κ2) is 20.3. The van der Waals surface area contributed by atoms with Crippen LogP contribution in [0.25, 0.3) is 0 Å². The van der Waals surface area contributed by atoms with Crippen molar-refractivity contribution >= 4 is 21.4 Å². The Labute approximate surface area is 191 Å². The van der Waals surface area contributed by atoms with Crippen molar-refractivity contribution in [1.29, 1.82) is 0 Å². The van der Waals surface area contributed by atoms with Gasteiger partial charge in [0, 0.05) is 0 Å². The van der Waals surface area contributed by atoms with Gasteiger partial charge in [0.25, 0.3) is 0 Å². The third kappa shape index (κ3) is 17.3. The molecule has 0 saturated heterocycles. The van der Waals surface area contributed by atoms with E-state index < -0.39 is 21.4 Å². The zero-order chi connectivity index (χ0) is 22.6. The molecule has 0 heterocycles. The van der Waals surface area contributed by atoms with Crippen molar-refractivity contribution < 1.29 is 18.5 Å². The standard InChI is InChI=1S/C24H53AsO4P/c1-5-9-10-11-12-13-14-15-16-17-18-19-20-21-23-28-30(26,27)29-24-22-25(6-2,7-3)8-4/h5-24H2,1-4H3,(H,26,27). The average molecular weight is 512 g/mol. The molecule has 0 rings (SSSR count). The molecule has 0 bridgehead atoms. The van der Waals surface area contributed by atoms with E-state index in [0.29, 0.717) is 13.2 Å². The third-order valence-corrected chi connectivity index (χ3v) is 18.4.